The van der Waals surface area contributed by atoms with E-state index in [0.29, 0.717) is 5.56 Å². The summed E-state index contributed by atoms with van der Waals surface area (Å²) >= 11 is 0. The van der Waals surface area contributed by atoms with Gasteiger partial charge in [0.2, 0.25) is 0 Å². The normalized spacial score (nSPS) is 29.4. The second-order valence-corrected chi connectivity index (χ2v) is 4.63. The van der Waals surface area contributed by atoms with Crippen LogP contribution < -0.4 is 0 Å². The van der Waals surface area contributed by atoms with Crippen molar-refractivity contribution >= 4 is 5.97 Å². The SMILES string of the molecule is CO[C@H]1O[C@H](COC(=O)c2ccccc2C)[C@@H](F)[C@H]1O. The van der Waals surface area contributed by atoms with Crippen LogP contribution >= 0.6 is 0 Å². The topological polar surface area (TPSA) is 65.0 Å². The molecule has 0 aliphatic carbocycles. The molecule has 1 aliphatic heterocycles. The molecule has 1 N–H and O–H groups in total. The van der Waals surface area contributed by atoms with E-state index in [1.165, 1.54) is 7.11 Å². The van der Waals surface area contributed by atoms with E-state index in [0.717, 1.165) is 5.56 Å². The van der Waals surface area contributed by atoms with Crippen LogP contribution in [0.25, 0.3) is 0 Å². The van der Waals surface area contributed by atoms with Gasteiger partial charge in [0.05, 0.1) is 5.56 Å². The Morgan fingerprint density at radius 3 is 2.75 bits per heavy atom. The number of esters is 1. The molecule has 0 spiro atoms. The molecule has 20 heavy (non-hydrogen) atoms. The first-order valence-electron chi connectivity index (χ1n) is 6.27. The predicted octanol–water partition coefficient (Wildman–Crippen LogP) is 1.22. The van der Waals surface area contributed by atoms with Crippen LogP contribution in [-0.4, -0.2) is 49.5 Å². The van der Waals surface area contributed by atoms with Gasteiger partial charge in [-0.2, -0.15) is 0 Å². The van der Waals surface area contributed by atoms with Gasteiger partial charge in [-0.15, -0.1) is 0 Å². The molecule has 1 aliphatic rings. The number of carbonyl (C=O) groups excluding carboxylic acids is 1. The summed E-state index contributed by atoms with van der Waals surface area (Å²) in [7, 11) is 1.31. The van der Waals surface area contributed by atoms with Crippen molar-refractivity contribution in [2.45, 2.75) is 31.6 Å². The minimum Gasteiger partial charge on any atom is -0.459 e. The number of carbonyl (C=O) groups is 1. The number of aliphatic hydroxyl groups is 1. The number of halogens is 1. The number of alkyl halides is 1. The number of benzene rings is 1. The van der Waals surface area contributed by atoms with Crippen LogP contribution in [0.3, 0.4) is 0 Å². The Morgan fingerprint density at radius 2 is 2.15 bits per heavy atom. The van der Waals surface area contributed by atoms with Gasteiger partial charge in [-0.3, -0.25) is 0 Å². The van der Waals surface area contributed by atoms with E-state index in [2.05, 4.69) is 0 Å². The molecule has 1 aromatic carbocycles. The lowest BCUT2D eigenvalue weighted by Gasteiger charge is -2.13. The zero-order valence-corrected chi connectivity index (χ0v) is 11.3. The van der Waals surface area contributed by atoms with Crippen molar-refractivity contribution in [3.8, 4) is 0 Å². The Morgan fingerprint density at radius 1 is 1.45 bits per heavy atom. The Labute approximate surface area is 116 Å². The van der Waals surface area contributed by atoms with Crippen LogP contribution in [0.4, 0.5) is 4.39 Å². The van der Waals surface area contributed by atoms with Gasteiger partial charge in [-0.25, -0.2) is 9.18 Å². The van der Waals surface area contributed by atoms with Crippen LogP contribution in [0.1, 0.15) is 15.9 Å². The maximum atomic E-state index is 13.7. The first-order valence-corrected chi connectivity index (χ1v) is 6.27. The maximum absolute atomic E-state index is 13.7. The summed E-state index contributed by atoms with van der Waals surface area (Å²) in [6, 6.07) is 6.94. The standard InChI is InChI=1S/C14H17FO5/c1-8-5-3-4-6-9(8)13(17)19-7-10-11(15)12(16)14(18-2)20-10/h3-6,10-12,14,16H,7H2,1-2H3/t10-,11-,12-,14+/m1/s1. The molecule has 0 saturated carbocycles. The van der Waals surface area contributed by atoms with Crippen LogP contribution in [0.2, 0.25) is 0 Å². The predicted molar refractivity (Wildman–Crippen MR) is 68.0 cm³/mol. The second-order valence-electron chi connectivity index (χ2n) is 4.63. The number of hydrogen-bond acceptors (Lipinski definition) is 5. The molecule has 4 atom stereocenters. The molecule has 1 aromatic rings. The fourth-order valence-electron chi connectivity index (χ4n) is 2.06. The third kappa shape index (κ3) is 2.98. The van der Waals surface area contributed by atoms with Gasteiger partial charge in [-0.05, 0) is 18.6 Å². The van der Waals surface area contributed by atoms with Crippen LogP contribution in [0.15, 0.2) is 24.3 Å². The summed E-state index contributed by atoms with van der Waals surface area (Å²) in [5.41, 5.74) is 1.20. The van der Waals surface area contributed by atoms with Gasteiger partial charge >= 0.3 is 5.97 Å². The summed E-state index contributed by atoms with van der Waals surface area (Å²) in [5.74, 6) is -0.547. The number of aryl methyl sites for hydroxylation is 1. The lowest BCUT2D eigenvalue weighted by Crippen LogP contribution is -2.31. The minimum absolute atomic E-state index is 0.273. The van der Waals surface area contributed by atoms with Crippen LogP contribution in [0, 0.1) is 6.92 Å². The van der Waals surface area contributed by atoms with E-state index >= 15 is 0 Å². The van der Waals surface area contributed by atoms with Crippen molar-refractivity contribution in [1.82, 2.24) is 0 Å². The average molecular weight is 284 g/mol. The molecule has 1 fully saturated rings. The molecule has 110 valence electrons. The summed E-state index contributed by atoms with van der Waals surface area (Å²) in [5, 5.41) is 9.49. The average Bonchev–Trinajstić information content (AvgIpc) is 2.72. The molecular formula is C14H17FO5. The van der Waals surface area contributed by atoms with Crippen molar-refractivity contribution in [3.05, 3.63) is 35.4 Å². The van der Waals surface area contributed by atoms with Crippen molar-refractivity contribution < 1.29 is 28.5 Å². The van der Waals surface area contributed by atoms with Crippen LogP contribution in [0.5, 0.6) is 0 Å². The van der Waals surface area contributed by atoms with Crippen LogP contribution in [-0.2, 0) is 14.2 Å². The lowest BCUT2D eigenvalue weighted by molar-refractivity contribution is -0.153. The Balaban J connectivity index is 1.93. The number of ether oxygens (including phenoxy) is 3. The fraction of sp³-hybridized carbons (Fsp3) is 0.500. The highest BCUT2D eigenvalue weighted by Gasteiger charge is 2.45. The van der Waals surface area contributed by atoms with Gasteiger partial charge in [-0.1, -0.05) is 18.2 Å². The van der Waals surface area contributed by atoms with Gasteiger partial charge < -0.3 is 19.3 Å². The summed E-state index contributed by atoms with van der Waals surface area (Å²) in [4.78, 5) is 11.9. The van der Waals surface area contributed by atoms with E-state index in [4.69, 9.17) is 14.2 Å². The second kappa shape index (κ2) is 6.30. The van der Waals surface area contributed by atoms with Crippen molar-refractivity contribution in [1.29, 1.82) is 0 Å². The lowest BCUT2D eigenvalue weighted by atomic mass is 10.1. The highest BCUT2D eigenvalue weighted by molar-refractivity contribution is 5.90. The van der Waals surface area contributed by atoms with E-state index in [1.807, 2.05) is 6.07 Å². The molecular weight excluding hydrogens is 267 g/mol. The van der Waals surface area contributed by atoms with E-state index in [1.54, 1.807) is 25.1 Å². The molecule has 1 saturated heterocycles. The van der Waals surface area contributed by atoms with E-state index < -0.39 is 30.6 Å². The quantitative estimate of drug-likeness (QED) is 0.842. The molecule has 1 heterocycles. The Kier molecular flexibility index (Phi) is 4.69. The fourth-order valence-corrected chi connectivity index (χ4v) is 2.06. The molecule has 2 rings (SSSR count). The number of hydrogen-bond donors (Lipinski definition) is 1. The van der Waals surface area contributed by atoms with Crippen molar-refractivity contribution in [2.75, 3.05) is 13.7 Å². The Hall–Kier alpha value is -1.50. The summed E-state index contributed by atoms with van der Waals surface area (Å²) in [6.45, 7) is 1.51. The molecule has 0 aromatic heterocycles. The van der Waals surface area contributed by atoms with Gasteiger partial charge in [0.1, 0.15) is 18.8 Å². The number of aliphatic hydroxyl groups excluding tert-OH is 1. The first kappa shape index (κ1) is 14.9. The minimum atomic E-state index is -1.65. The first-order chi connectivity index (χ1) is 9.54. The molecule has 0 unspecified atom stereocenters. The van der Waals surface area contributed by atoms with Gasteiger partial charge in [0, 0.05) is 7.11 Å². The third-order valence-electron chi connectivity index (χ3n) is 3.25. The largest absolute Gasteiger partial charge is 0.459 e. The molecule has 0 radical (unpaired) electrons. The smallest absolute Gasteiger partial charge is 0.338 e. The zero-order valence-electron chi connectivity index (χ0n) is 11.3. The molecule has 0 amide bonds. The summed E-state index contributed by atoms with van der Waals surface area (Å²) < 4.78 is 28.6. The monoisotopic (exact) mass is 284 g/mol. The molecule has 5 nitrogen and oxygen atoms in total. The highest BCUT2D eigenvalue weighted by Crippen LogP contribution is 2.25. The van der Waals surface area contributed by atoms with E-state index in [-0.39, 0.29) is 6.61 Å². The third-order valence-corrected chi connectivity index (χ3v) is 3.25. The Bertz CT molecular complexity index is 478. The molecule has 0 bridgehead atoms. The highest BCUT2D eigenvalue weighted by atomic mass is 19.1. The number of rotatable bonds is 4. The van der Waals surface area contributed by atoms with Crippen molar-refractivity contribution in [3.63, 3.8) is 0 Å². The zero-order chi connectivity index (χ0) is 14.7. The maximum Gasteiger partial charge on any atom is 0.338 e. The summed E-state index contributed by atoms with van der Waals surface area (Å²) in [6.07, 6.45) is -5.08. The molecule has 6 heteroatoms. The van der Waals surface area contributed by atoms with Gasteiger partial charge in [0.25, 0.3) is 0 Å². The van der Waals surface area contributed by atoms with Gasteiger partial charge in [0.15, 0.2) is 12.5 Å². The number of methoxy groups -OCH3 is 1. The van der Waals surface area contributed by atoms with Crippen molar-refractivity contribution in [2.24, 2.45) is 0 Å². The van der Waals surface area contributed by atoms with E-state index in [9.17, 15) is 14.3 Å².